The molecule has 0 atom stereocenters. The van der Waals surface area contributed by atoms with E-state index in [0.29, 0.717) is 0 Å². The summed E-state index contributed by atoms with van der Waals surface area (Å²) in [6.07, 6.45) is 3.85. The van der Waals surface area contributed by atoms with E-state index in [2.05, 4.69) is 6.92 Å². The van der Waals surface area contributed by atoms with Gasteiger partial charge in [-0.05, 0) is 90.9 Å². The van der Waals surface area contributed by atoms with Crippen molar-refractivity contribution in [3.63, 3.8) is 0 Å². The number of rotatable bonds is 6. The first-order valence-corrected chi connectivity index (χ1v) is 10.9. The Morgan fingerprint density at radius 2 is 1.24 bits per heavy atom. The highest BCUT2D eigenvalue weighted by Crippen LogP contribution is 2.34. The average molecular weight is 447 g/mol. The lowest BCUT2D eigenvalue weighted by atomic mass is 9.88. The van der Waals surface area contributed by atoms with Gasteiger partial charge >= 0.3 is 5.97 Å². The van der Waals surface area contributed by atoms with Crippen LogP contribution < -0.4 is 0 Å². The Balaban J connectivity index is 2.00. The molecule has 0 spiro atoms. The molecule has 33 heavy (non-hydrogen) atoms. The SMILES string of the molecule is CCC(=C(c1ccc(F)cc1)c1ccc(F)cc1)c1ccc(C=CC(=O)OC(C)(C)C)cc1. The van der Waals surface area contributed by atoms with Gasteiger partial charge in [-0.3, -0.25) is 0 Å². The van der Waals surface area contributed by atoms with Gasteiger partial charge in [-0.2, -0.15) is 0 Å². The normalized spacial score (nSPS) is 11.5. The fourth-order valence-corrected chi connectivity index (χ4v) is 3.57. The second kappa shape index (κ2) is 10.4. The van der Waals surface area contributed by atoms with Crippen LogP contribution in [-0.2, 0) is 9.53 Å². The second-order valence-corrected chi connectivity index (χ2v) is 8.71. The molecule has 3 aromatic rings. The van der Waals surface area contributed by atoms with Crippen molar-refractivity contribution in [3.05, 3.63) is 113 Å². The van der Waals surface area contributed by atoms with Crippen molar-refractivity contribution in [2.45, 2.75) is 39.7 Å². The average Bonchev–Trinajstić information content (AvgIpc) is 2.77. The second-order valence-electron chi connectivity index (χ2n) is 8.71. The van der Waals surface area contributed by atoms with Crippen LogP contribution in [0.25, 0.3) is 17.2 Å². The quantitative estimate of drug-likeness (QED) is 0.220. The molecule has 0 bridgehead atoms. The lowest BCUT2D eigenvalue weighted by molar-refractivity contribution is -0.148. The van der Waals surface area contributed by atoms with Crippen LogP contribution in [0.15, 0.2) is 78.9 Å². The molecule has 0 aromatic heterocycles. The van der Waals surface area contributed by atoms with Crippen molar-refractivity contribution in [1.29, 1.82) is 0 Å². The van der Waals surface area contributed by atoms with Gasteiger partial charge in [-0.25, -0.2) is 13.6 Å². The fourth-order valence-electron chi connectivity index (χ4n) is 3.57. The Morgan fingerprint density at radius 1 is 0.788 bits per heavy atom. The highest BCUT2D eigenvalue weighted by molar-refractivity contribution is 5.98. The third-order valence-corrected chi connectivity index (χ3v) is 5.00. The number of hydrogen-bond acceptors (Lipinski definition) is 2. The summed E-state index contributed by atoms with van der Waals surface area (Å²) in [7, 11) is 0. The molecule has 170 valence electrons. The van der Waals surface area contributed by atoms with Crippen LogP contribution in [-0.4, -0.2) is 11.6 Å². The first kappa shape index (κ1) is 24.1. The predicted octanol–water partition coefficient (Wildman–Crippen LogP) is 7.69. The van der Waals surface area contributed by atoms with Crippen molar-refractivity contribution in [3.8, 4) is 0 Å². The van der Waals surface area contributed by atoms with Crippen LogP contribution in [0.4, 0.5) is 8.78 Å². The van der Waals surface area contributed by atoms with E-state index in [9.17, 15) is 13.6 Å². The summed E-state index contributed by atoms with van der Waals surface area (Å²) in [4.78, 5) is 11.9. The van der Waals surface area contributed by atoms with E-state index in [-0.39, 0.29) is 11.6 Å². The van der Waals surface area contributed by atoms with E-state index in [1.165, 1.54) is 30.3 Å². The van der Waals surface area contributed by atoms with Crippen molar-refractivity contribution < 1.29 is 18.3 Å². The molecule has 0 unspecified atom stereocenters. The zero-order valence-electron chi connectivity index (χ0n) is 19.4. The van der Waals surface area contributed by atoms with Crippen LogP contribution in [0.5, 0.6) is 0 Å². The lowest BCUT2D eigenvalue weighted by Gasteiger charge is -2.18. The minimum atomic E-state index is -0.538. The van der Waals surface area contributed by atoms with Gasteiger partial charge in [0.2, 0.25) is 0 Å². The van der Waals surface area contributed by atoms with Crippen molar-refractivity contribution >= 4 is 23.2 Å². The summed E-state index contributed by atoms with van der Waals surface area (Å²) in [5.41, 5.74) is 5.01. The molecular formula is C29H28F2O2. The van der Waals surface area contributed by atoms with Gasteiger partial charge in [0.1, 0.15) is 17.2 Å². The molecule has 0 fully saturated rings. The van der Waals surface area contributed by atoms with Crippen molar-refractivity contribution in [2.75, 3.05) is 0 Å². The highest BCUT2D eigenvalue weighted by Gasteiger charge is 2.15. The molecule has 0 aliphatic rings. The third kappa shape index (κ3) is 6.72. The first-order chi connectivity index (χ1) is 15.7. The Morgan fingerprint density at radius 3 is 1.67 bits per heavy atom. The molecule has 3 rings (SSSR count). The van der Waals surface area contributed by atoms with Crippen molar-refractivity contribution in [2.24, 2.45) is 0 Å². The zero-order chi connectivity index (χ0) is 24.0. The molecule has 0 aliphatic heterocycles. The Hall–Kier alpha value is -3.53. The third-order valence-electron chi connectivity index (χ3n) is 5.00. The number of allylic oxidation sites excluding steroid dienone is 1. The van der Waals surface area contributed by atoms with Gasteiger partial charge < -0.3 is 4.74 Å². The van der Waals surface area contributed by atoms with Crippen molar-refractivity contribution in [1.82, 2.24) is 0 Å². The number of benzene rings is 3. The Kier molecular flexibility index (Phi) is 7.59. The maximum atomic E-state index is 13.6. The number of esters is 1. The summed E-state index contributed by atoms with van der Waals surface area (Å²) in [6, 6.07) is 20.5. The molecule has 0 amide bonds. The maximum Gasteiger partial charge on any atom is 0.331 e. The minimum absolute atomic E-state index is 0.309. The number of carbonyl (C=O) groups is 1. The van der Waals surface area contributed by atoms with E-state index in [0.717, 1.165) is 39.8 Å². The molecule has 0 saturated heterocycles. The number of halogens is 2. The molecule has 2 nitrogen and oxygen atoms in total. The summed E-state index contributed by atoms with van der Waals surface area (Å²) < 4.78 is 32.4. The summed E-state index contributed by atoms with van der Waals surface area (Å²) in [6.45, 7) is 7.53. The Labute approximate surface area is 194 Å². The van der Waals surface area contributed by atoms with E-state index >= 15 is 0 Å². The number of carbonyl (C=O) groups excluding carboxylic acids is 1. The highest BCUT2D eigenvalue weighted by atomic mass is 19.1. The smallest absolute Gasteiger partial charge is 0.331 e. The summed E-state index contributed by atoms with van der Waals surface area (Å²) >= 11 is 0. The Bertz CT molecular complexity index is 1100. The first-order valence-electron chi connectivity index (χ1n) is 10.9. The van der Waals surface area contributed by atoms with Gasteiger partial charge in [0, 0.05) is 6.08 Å². The standard InChI is InChI=1S/C29H28F2O2/c1-5-26(21-9-6-20(7-10-21)8-19-27(32)33-29(2,3)4)28(22-11-15-24(30)16-12-22)23-13-17-25(31)18-14-23/h6-19H,5H2,1-4H3. The largest absolute Gasteiger partial charge is 0.457 e. The topological polar surface area (TPSA) is 26.3 Å². The number of hydrogen-bond donors (Lipinski definition) is 0. The molecule has 0 radical (unpaired) electrons. The van der Waals surface area contributed by atoms with Gasteiger partial charge in [-0.1, -0.05) is 55.5 Å². The summed E-state index contributed by atoms with van der Waals surface area (Å²) in [5.74, 6) is -1.01. The summed E-state index contributed by atoms with van der Waals surface area (Å²) in [5, 5.41) is 0. The van der Waals surface area contributed by atoms with E-state index < -0.39 is 11.6 Å². The molecule has 0 aliphatic carbocycles. The fraction of sp³-hybridized carbons (Fsp3) is 0.207. The monoisotopic (exact) mass is 446 g/mol. The van der Waals surface area contributed by atoms with Gasteiger partial charge in [0.05, 0.1) is 0 Å². The van der Waals surface area contributed by atoms with Crippen LogP contribution in [0.1, 0.15) is 56.4 Å². The van der Waals surface area contributed by atoms with E-state index in [1.54, 1.807) is 30.3 Å². The minimum Gasteiger partial charge on any atom is -0.457 e. The van der Waals surface area contributed by atoms with E-state index in [4.69, 9.17) is 4.74 Å². The molecule has 4 heteroatoms. The molecular weight excluding hydrogens is 418 g/mol. The predicted molar refractivity (Wildman–Crippen MR) is 130 cm³/mol. The van der Waals surface area contributed by atoms with Crippen LogP contribution in [0.3, 0.4) is 0 Å². The van der Waals surface area contributed by atoms with E-state index in [1.807, 2.05) is 45.0 Å². The number of ether oxygens (including phenoxy) is 1. The van der Waals surface area contributed by atoms with Gasteiger partial charge in [0.15, 0.2) is 0 Å². The van der Waals surface area contributed by atoms with Crippen LogP contribution >= 0.6 is 0 Å². The molecule has 0 heterocycles. The van der Waals surface area contributed by atoms with Crippen LogP contribution in [0, 0.1) is 11.6 Å². The lowest BCUT2D eigenvalue weighted by Crippen LogP contribution is -2.22. The van der Waals surface area contributed by atoms with Gasteiger partial charge in [-0.15, -0.1) is 0 Å². The molecule has 3 aromatic carbocycles. The molecule has 0 N–H and O–H groups in total. The van der Waals surface area contributed by atoms with Crippen LogP contribution in [0.2, 0.25) is 0 Å². The maximum absolute atomic E-state index is 13.6. The molecule has 0 saturated carbocycles. The van der Waals surface area contributed by atoms with Gasteiger partial charge in [0.25, 0.3) is 0 Å². The zero-order valence-corrected chi connectivity index (χ0v) is 19.4.